The highest BCUT2D eigenvalue weighted by molar-refractivity contribution is 6.30. The molecule has 0 aliphatic carbocycles. The predicted octanol–water partition coefficient (Wildman–Crippen LogP) is 4.38. The second-order valence-corrected chi connectivity index (χ2v) is 7.77. The SMILES string of the molecule is CC(CCc1ccc(OC(C)C)cc1)NC(=O)CCNC(=O)c1ccc(Cl)cc1. The number of amides is 2. The third-order valence-corrected chi connectivity index (χ3v) is 4.56. The lowest BCUT2D eigenvalue weighted by Gasteiger charge is -2.15. The van der Waals surface area contributed by atoms with Crippen LogP contribution in [-0.4, -0.2) is 30.5 Å². The molecule has 0 saturated carbocycles. The van der Waals surface area contributed by atoms with Crippen LogP contribution in [0.4, 0.5) is 0 Å². The van der Waals surface area contributed by atoms with Crippen LogP contribution in [0.2, 0.25) is 5.02 Å². The zero-order valence-electron chi connectivity index (χ0n) is 17.2. The van der Waals surface area contributed by atoms with E-state index in [0.29, 0.717) is 10.6 Å². The van der Waals surface area contributed by atoms with Crippen molar-refractivity contribution in [3.05, 3.63) is 64.7 Å². The number of carbonyl (C=O) groups excluding carboxylic acids is 2. The van der Waals surface area contributed by atoms with Crippen LogP contribution in [0.3, 0.4) is 0 Å². The molecule has 0 spiro atoms. The average Bonchev–Trinajstić information content (AvgIpc) is 2.67. The Hall–Kier alpha value is -2.53. The van der Waals surface area contributed by atoms with Gasteiger partial charge in [0.15, 0.2) is 0 Å². The number of halogens is 1. The van der Waals surface area contributed by atoms with Gasteiger partial charge in [0, 0.05) is 29.6 Å². The lowest BCUT2D eigenvalue weighted by Crippen LogP contribution is -2.35. The van der Waals surface area contributed by atoms with Crippen LogP contribution >= 0.6 is 11.6 Å². The second kappa shape index (κ2) is 11.5. The van der Waals surface area contributed by atoms with E-state index in [1.54, 1.807) is 24.3 Å². The molecule has 0 aliphatic rings. The quantitative estimate of drug-likeness (QED) is 0.603. The first-order chi connectivity index (χ1) is 13.8. The van der Waals surface area contributed by atoms with E-state index < -0.39 is 0 Å². The van der Waals surface area contributed by atoms with Crippen molar-refractivity contribution in [1.29, 1.82) is 0 Å². The van der Waals surface area contributed by atoms with Crippen LogP contribution in [0.5, 0.6) is 5.75 Å². The summed E-state index contributed by atoms with van der Waals surface area (Å²) in [7, 11) is 0. The van der Waals surface area contributed by atoms with Gasteiger partial charge in [-0.2, -0.15) is 0 Å². The van der Waals surface area contributed by atoms with Crippen molar-refractivity contribution < 1.29 is 14.3 Å². The van der Waals surface area contributed by atoms with E-state index >= 15 is 0 Å². The van der Waals surface area contributed by atoms with Gasteiger partial charge in [-0.05, 0) is 75.6 Å². The Morgan fingerprint density at radius 3 is 2.28 bits per heavy atom. The third kappa shape index (κ3) is 8.57. The molecule has 1 unspecified atom stereocenters. The predicted molar refractivity (Wildman–Crippen MR) is 117 cm³/mol. The molecule has 2 aromatic carbocycles. The summed E-state index contributed by atoms with van der Waals surface area (Å²) >= 11 is 5.81. The number of aryl methyl sites for hydroxylation is 1. The first-order valence-corrected chi connectivity index (χ1v) is 10.3. The van der Waals surface area contributed by atoms with Crippen molar-refractivity contribution in [1.82, 2.24) is 10.6 Å². The van der Waals surface area contributed by atoms with E-state index in [-0.39, 0.29) is 36.9 Å². The molecule has 1 atom stereocenters. The minimum Gasteiger partial charge on any atom is -0.491 e. The lowest BCUT2D eigenvalue weighted by atomic mass is 10.1. The molecule has 0 aliphatic heterocycles. The Morgan fingerprint density at radius 1 is 1.00 bits per heavy atom. The van der Waals surface area contributed by atoms with E-state index in [2.05, 4.69) is 22.8 Å². The van der Waals surface area contributed by atoms with Gasteiger partial charge in [-0.1, -0.05) is 23.7 Å². The fourth-order valence-corrected chi connectivity index (χ4v) is 2.93. The molecule has 5 nitrogen and oxygen atoms in total. The Kier molecular flexibility index (Phi) is 9.00. The number of benzene rings is 2. The molecule has 0 fully saturated rings. The van der Waals surface area contributed by atoms with Crippen LogP contribution in [-0.2, 0) is 11.2 Å². The molecule has 0 aromatic heterocycles. The maximum Gasteiger partial charge on any atom is 0.251 e. The topological polar surface area (TPSA) is 67.4 Å². The number of nitrogens with one attached hydrogen (secondary N) is 2. The molecule has 2 aromatic rings. The zero-order valence-corrected chi connectivity index (χ0v) is 18.0. The number of ether oxygens (including phenoxy) is 1. The summed E-state index contributed by atoms with van der Waals surface area (Å²) in [4.78, 5) is 24.1. The van der Waals surface area contributed by atoms with Crippen LogP contribution in [0.25, 0.3) is 0 Å². The fraction of sp³-hybridized carbons (Fsp3) is 0.391. The number of hydrogen-bond acceptors (Lipinski definition) is 3. The minimum absolute atomic E-state index is 0.0565. The molecular weight excluding hydrogens is 388 g/mol. The molecule has 0 radical (unpaired) electrons. The Labute approximate surface area is 177 Å². The molecule has 156 valence electrons. The van der Waals surface area contributed by atoms with Gasteiger partial charge in [0.1, 0.15) is 5.75 Å². The van der Waals surface area contributed by atoms with Crippen molar-refractivity contribution in [2.24, 2.45) is 0 Å². The average molecular weight is 417 g/mol. The molecule has 0 saturated heterocycles. The first-order valence-electron chi connectivity index (χ1n) is 9.92. The summed E-state index contributed by atoms with van der Waals surface area (Å²) in [5, 5.41) is 6.30. The van der Waals surface area contributed by atoms with Crippen molar-refractivity contribution in [2.75, 3.05) is 6.54 Å². The Balaban J connectivity index is 1.65. The minimum atomic E-state index is -0.215. The van der Waals surface area contributed by atoms with Crippen molar-refractivity contribution in [2.45, 2.75) is 52.2 Å². The van der Waals surface area contributed by atoms with Crippen molar-refractivity contribution >= 4 is 23.4 Å². The largest absolute Gasteiger partial charge is 0.491 e. The highest BCUT2D eigenvalue weighted by Crippen LogP contribution is 2.15. The number of rotatable bonds is 10. The number of carbonyl (C=O) groups is 2. The molecule has 29 heavy (non-hydrogen) atoms. The molecule has 2 amide bonds. The summed E-state index contributed by atoms with van der Waals surface area (Å²) in [5.41, 5.74) is 1.73. The molecule has 6 heteroatoms. The Bertz CT molecular complexity index is 789. The van der Waals surface area contributed by atoms with Crippen LogP contribution < -0.4 is 15.4 Å². The molecule has 2 N–H and O–H groups in total. The van der Waals surface area contributed by atoms with Gasteiger partial charge in [0.25, 0.3) is 5.91 Å². The highest BCUT2D eigenvalue weighted by atomic mass is 35.5. The molecule has 0 bridgehead atoms. The number of hydrogen-bond donors (Lipinski definition) is 2. The molecule has 2 rings (SSSR count). The van der Waals surface area contributed by atoms with E-state index in [0.717, 1.165) is 18.6 Å². The zero-order chi connectivity index (χ0) is 21.2. The van der Waals surface area contributed by atoms with E-state index in [1.165, 1.54) is 5.56 Å². The summed E-state index contributed by atoms with van der Waals surface area (Å²) in [6.45, 7) is 6.28. The van der Waals surface area contributed by atoms with Crippen LogP contribution in [0.15, 0.2) is 48.5 Å². The maximum atomic E-state index is 12.1. The summed E-state index contributed by atoms with van der Waals surface area (Å²) < 4.78 is 5.64. The summed E-state index contributed by atoms with van der Waals surface area (Å²) in [6.07, 6.45) is 2.11. The second-order valence-electron chi connectivity index (χ2n) is 7.33. The van der Waals surface area contributed by atoms with Gasteiger partial charge in [-0.25, -0.2) is 0 Å². The standard InChI is InChI=1S/C23H29ClN2O3/c1-16(2)29-21-12-6-18(7-13-21)5-4-17(3)26-22(27)14-15-25-23(28)19-8-10-20(24)11-9-19/h6-13,16-17H,4-5,14-15H2,1-3H3,(H,25,28)(H,26,27). The van der Waals surface area contributed by atoms with E-state index in [9.17, 15) is 9.59 Å². The summed E-state index contributed by atoms with van der Waals surface area (Å²) in [5.74, 6) is 0.577. The first kappa shape index (κ1) is 22.8. The normalized spacial score (nSPS) is 11.8. The third-order valence-electron chi connectivity index (χ3n) is 4.31. The Morgan fingerprint density at radius 2 is 1.66 bits per heavy atom. The van der Waals surface area contributed by atoms with Gasteiger partial charge >= 0.3 is 0 Å². The van der Waals surface area contributed by atoms with Crippen molar-refractivity contribution in [3.63, 3.8) is 0 Å². The molecular formula is C23H29ClN2O3. The van der Waals surface area contributed by atoms with Crippen LogP contribution in [0, 0.1) is 0 Å². The van der Waals surface area contributed by atoms with Crippen LogP contribution in [0.1, 0.15) is 49.5 Å². The van der Waals surface area contributed by atoms with Gasteiger partial charge in [0.2, 0.25) is 5.91 Å². The maximum absolute atomic E-state index is 12.1. The van der Waals surface area contributed by atoms with Gasteiger partial charge in [0.05, 0.1) is 6.10 Å². The van der Waals surface area contributed by atoms with E-state index in [1.807, 2.05) is 32.9 Å². The summed E-state index contributed by atoms with van der Waals surface area (Å²) in [6, 6.07) is 14.7. The smallest absolute Gasteiger partial charge is 0.251 e. The fourth-order valence-electron chi connectivity index (χ4n) is 2.80. The monoisotopic (exact) mass is 416 g/mol. The molecule has 0 heterocycles. The van der Waals surface area contributed by atoms with Crippen molar-refractivity contribution in [3.8, 4) is 5.75 Å². The van der Waals surface area contributed by atoms with E-state index in [4.69, 9.17) is 16.3 Å². The van der Waals surface area contributed by atoms with Gasteiger partial charge in [-0.3, -0.25) is 9.59 Å². The van der Waals surface area contributed by atoms with Gasteiger partial charge < -0.3 is 15.4 Å². The van der Waals surface area contributed by atoms with Gasteiger partial charge in [-0.15, -0.1) is 0 Å². The highest BCUT2D eigenvalue weighted by Gasteiger charge is 2.10. The lowest BCUT2D eigenvalue weighted by molar-refractivity contribution is -0.121.